The molecule has 0 aliphatic heterocycles. The van der Waals surface area contributed by atoms with Crippen molar-refractivity contribution in [2.24, 2.45) is 0 Å². The number of rotatable bonds is 2. The van der Waals surface area contributed by atoms with Gasteiger partial charge < -0.3 is 4.42 Å². The number of aryl methyl sites for hydroxylation is 1. The Kier molecular flexibility index (Phi) is 2.02. The van der Waals surface area contributed by atoms with Crippen LogP contribution in [-0.2, 0) is 0 Å². The Balaban J connectivity index is 2.39. The lowest BCUT2D eigenvalue weighted by Crippen LogP contribution is -1.97. The van der Waals surface area contributed by atoms with E-state index in [1.807, 2.05) is 18.4 Å². The van der Waals surface area contributed by atoms with Gasteiger partial charge in [0.1, 0.15) is 0 Å². The van der Waals surface area contributed by atoms with Crippen LogP contribution in [0, 0.1) is 6.92 Å². The highest BCUT2D eigenvalue weighted by Gasteiger charge is 2.15. The number of ketones is 1. The van der Waals surface area contributed by atoms with Crippen LogP contribution in [0.3, 0.4) is 0 Å². The highest BCUT2D eigenvalue weighted by Crippen LogP contribution is 2.18. The average molecular weight is 192 g/mol. The molecular weight excluding hydrogens is 184 g/mol. The first-order valence-corrected chi connectivity index (χ1v) is 4.79. The number of hydrogen-bond acceptors (Lipinski definition) is 3. The van der Waals surface area contributed by atoms with E-state index in [4.69, 9.17) is 4.42 Å². The van der Waals surface area contributed by atoms with Gasteiger partial charge in [-0.2, -0.15) is 0 Å². The van der Waals surface area contributed by atoms with Gasteiger partial charge in [0, 0.05) is 0 Å². The van der Waals surface area contributed by atoms with Crippen molar-refractivity contribution in [2.45, 2.75) is 6.92 Å². The van der Waals surface area contributed by atoms with Gasteiger partial charge in [-0.25, -0.2) is 0 Å². The van der Waals surface area contributed by atoms with Crippen molar-refractivity contribution >= 4 is 17.1 Å². The highest BCUT2D eigenvalue weighted by molar-refractivity contribution is 7.12. The largest absolute Gasteiger partial charge is 0.461 e. The van der Waals surface area contributed by atoms with Gasteiger partial charge in [-0.05, 0) is 30.0 Å². The van der Waals surface area contributed by atoms with Crippen LogP contribution in [0.5, 0.6) is 0 Å². The van der Waals surface area contributed by atoms with E-state index in [-0.39, 0.29) is 5.78 Å². The molecule has 2 aromatic heterocycles. The Morgan fingerprint density at radius 3 is 2.85 bits per heavy atom. The lowest BCUT2D eigenvalue weighted by molar-refractivity contribution is 0.101. The second-order valence-electron chi connectivity index (χ2n) is 2.74. The number of carbonyl (C=O) groups is 1. The monoisotopic (exact) mass is 192 g/mol. The summed E-state index contributed by atoms with van der Waals surface area (Å²) in [5.41, 5.74) is 0.887. The second-order valence-corrected chi connectivity index (χ2v) is 3.69. The molecule has 66 valence electrons. The summed E-state index contributed by atoms with van der Waals surface area (Å²) in [5, 5.41) is 1.88. The van der Waals surface area contributed by atoms with Gasteiger partial charge in [0.25, 0.3) is 0 Å². The fraction of sp³-hybridized carbons (Fsp3) is 0.100. The minimum absolute atomic E-state index is 0.0301. The summed E-state index contributed by atoms with van der Waals surface area (Å²) in [4.78, 5) is 12.4. The van der Waals surface area contributed by atoms with Gasteiger partial charge in [-0.15, -0.1) is 11.3 Å². The minimum Gasteiger partial charge on any atom is -0.461 e. The molecular formula is C10H8O2S. The number of thiophene rings is 1. The average Bonchev–Trinajstić information content (AvgIpc) is 2.72. The molecule has 0 aliphatic rings. The van der Waals surface area contributed by atoms with E-state index >= 15 is 0 Å². The molecule has 0 saturated heterocycles. The van der Waals surface area contributed by atoms with Crippen LogP contribution >= 0.6 is 11.3 Å². The van der Waals surface area contributed by atoms with Gasteiger partial charge in [0.2, 0.25) is 5.78 Å². The Labute approximate surface area is 79.8 Å². The molecule has 0 radical (unpaired) electrons. The van der Waals surface area contributed by atoms with Crippen LogP contribution in [-0.4, -0.2) is 5.78 Å². The first-order chi connectivity index (χ1) is 6.29. The molecule has 0 fully saturated rings. The third-order valence-electron chi connectivity index (χ3n) is 1.81. The molecule has 0 aromatic carbocycles. The fourth-order valence-corrected chi connectivity index (χ4v) is 1.79. The predicted octanol–water partition coefficient (Wildman–Crippen LogP) is 2.88. The van der Waals surface area contributed by atoms with E-state index in [9.17, 15) is 4.79 Å². The van der Waals surface area contributed by atoms with Crippen molar-refractivity contribution in [3.8, 4) is 0 Å². The van der Waals surface area contributed by atoms with Crippen molar-refractivity contribution in [1.29, 1.82) is 0 Å². The highest BCUT2D eigenvalue weighted by atomic mass is 32.1. The minimum atomic E-state index is -0.0301. The Bertz CT molecular complexity index is 412. The second kappa shape index (κ2) is 3.18. The van der Waals surface area contributed by atoms with Gasteiger partial charge in [-0.3, -0.25) is 4.79 Å². The molecule has 13 heavy (non-hydrogen) atoms. The fourth-order valence-electron chi connectivity index (χ4n) is 1.13. The zero-order valence-electron chi connectivity index (χ0n) is 7.11. The zero-order chi connectivity index (χ0) is 9.26. The first kappa shape index (κ1) is 8.26. The lowest BCUT2D eigenvalue weighted by atomic mass is 10.2. The van der Waals surface area contributed by atoms with Gasteiger partial charge in [-0.1, -0.05) is 6.07 Å². The van der Waals surface area contributed by atoms with Crippen LogP contribution < -0.4 is 0 Å². The Morgan fingerprint density at radius 2 is 2.31 bits per heavy atom. The van der Waals surface area contributed by atoms with Gasteiger partial charge in [0.15, 0.2) is 5.76 Å². The summed E-state index contributed by atoms with van der Waals surface area (Å²) < 4.78 is 5.11. The van der Waals surface area contributed by atoms with Crippen molar-refractivity contribution < 1.29 is 9.21 Å². The SMILES string of the molecule is Cc1ccoc1C(=O)c1cccs1. The molecule has 3 heteroatoms. The summed E-state index contributed by atoms with van der Waals surface area (Å²) in [6.07, 6.45) is 1.54. The van der Waals surface area contributed by atoms with Crippen molar-refractivity contribution in [3.63, 3.8) is 0 Å². The molecule has 2 rings (SSSR count). The molecule has 2 nitrogen and oxygen atoms in total. The molecule has 0 bridgehead atoms. The van der Waals surface area contributed by atoms with Crippen molar-refractivity contribution in [3.05, 3.63) is 46.0 Å². The van der Waals surface area contributed by atoms with Crippen LogP contribution in [0.4, 0.5) is 0 Å². The maximum absolute atomic E-state index is 11.7. The molecule has 0 unspecified atom stereocenters. The summed E-state index contributed by atoms with van der Waals surface area (Å²) in [6, 6.07) is 5.45. The Morgan fingerprint density at radius 1 is 1.46 bits per heavy atom. The zero-order valence-corrected chi connectivity index (χ0v) is 7.93. The summed E-state index contributed by atoms with van der Waals surface area (Å²) >= 11 is 1.43. The summed E-state index contributed by atoms with van der Waals surface area (Å²) in [5.74, 6) is 0.417. The molecule has 2 aromatic rings. The molecule has 0 atom stereocenters. The van der Waals surface area contributed by atoms with E-state index in [1.165, 1.54) is 17.6 Å². The van der Waals surface area contributed by atoms with E-state index in [2.05, 4.69) is 0 Å². The molecule has 0 amide bonds. The first-order valence-electron chi connectivity index (χ1n) is 3.91. The Hall–Kier alpha value is -1.35. The maximum atomic E-state index is 11.7. The topological polar surface area (TPSA) is 30.2 Å². The van der Waals surface area contributed by atoms with Crippen LogP contribution in [0.2, 0.25) is 0 Å². The van der Waals surface area contributed by atoms with Crippen molar-refractivity contribution in [2.75, 3.05) is 0 Å². The van der Waals surface area contributed by atoms with Gasteiger partial charge in [0.05, 0.1) is 11.1 Å². The number of carbonyl (C=O) groups excluding carboxylic acids is 1. The standard InChI is InChI=1S/C10H8O2S/c1-7-4-5-12-10(7)9(11)8-3-2-6-13-8/h2-6H,1H3. The van der Waals surface area contributed by atoms with Crippen LogP contribution in [0.1, 0.15) is 21.0 Å². The van der Waals surface area contributed by atoms with E-state index in [0.717, 1.165) is 10.4 Å². The lowest BCUT2D eigenvalue weighted by Gasteiger charge is -1.93. The quantitative estimate of drug-likeness (QED) is 0.685. The maximum Gasteiger partial charge on any atom is 0.238 e. The van der Waals surface area contributed by atoms with Gasteiger partial charge >= 0.3 is 0 Å². The van der Waals surface area contributed by atoms with Crippen molar-refractivity contribution in [1.82, 2.24) is 0 Å². The summed E-state index contributed by atoms with van der Waals surface area (Å²) in [7, 11) is 0. The number of furan rings is 1. The van der Waals surface area contributed by atoms with E-state index in [1.54, 1.807) is 12.1 Å². The van der Waals surface area contributed by atoms with E-state index < -0.39 is 0 Å². The predicted molar refractivity (Wildman–Crippen MR) is 51.2 cm³/mol. The molecule has 0 saturated carbocycles. The summed E-state index contributed by atoms with van der Waals surface area (Å²) in [6.45, 7) is 1.87. The normalized spacial score (nSPS) is 10.2. The third-order valence-corrected chi connectivity index (χ3v) is 2.68. The molecule has 0 spiro atoms. The molecule has 0 N–H and O–H groups in total. The van der Waals surface area contributed by atoms with Crippen LogP contribution in [0.25, 0.3) is 0 Å². The van der Waals surface area contributed by atoms with Crippen LogP contribution in [0.15, 0.2) is 34.3 Å². The smallest absolute Gasteiger partial charge is 0.238 e. The third kappa shape index (κ3) is 1.42. The molecule has 2 heterocycles. The molecule has 0 aliphatic carbocycles. The number of hydrogen-bond donors (Lipinski definition) is 0. The van der Waals surface area contributed by atoms with E-state index in [0.29, 0.717) is 5.76 Å².